The van der Waals surface area contributed by atoms with Crippen molar-refractivity contribution >= 4 is 32.9 Å². The molecule has 0 radical (unpaired) electrons. The van der Waals surface area contributed by atoms with Crippen molar-refractivity contribution in [1.29, 1.82) is 0 Å². The predicted octanol–water partition coefficient (Wildman–Crippen LogP) is 1.79. The number of benzene rings is 3. The molecule has 0 bridgehead atoms. The molecule has 1 atom stereocenters. The summed E-state index contributed by atoms with van der Waals surface area (Å²) >= 11 is 0. The summed E-state index contributed by atoms with van der Waals surface area (Å²) in [5, 5.41) is 5.00. The molecule has 35 heavy (non-hydrogen) atoms. The number of rotatable bonds is 3. The molecule has 3 aromatic rings. The number of amides is 1. The first-order chi connectivity index (χ1) is 16.2. The van der Waals surface area contributed by atoms with Gasteiger partial charge in [0.25, 0.3) is 0 Å². The molecule has 0 aromatic heterocycles. The Balaban J connectivity index is 0.00000289. The second-order valence-electron chi connectivity index (χ2n) is 7.80. The van der Waals surface area contributed by atoms with Gasteiger partial charge < -0.3 is 10.2 Å². The summed E-state index contributed by atoms with van der Waals surface area (Å²) in [5.74, 6) is -6.23. The molecule has 0 N–H and O–H groups in total. The topological polar surface area (TPSA) is 85.6 Å². The minimum absolute atomic E-state index is 0. The molecule has 2 aliphatic rings. The number of Topliss-reactive ketones (excluding diaryl/α,β-unsaturated/α-hetero) is 1. The van der Waals surface area contributed by atoms with Crippen LogP contribution in [0.25, 0.3) is 5.32 Å². The summed E-state index contributed by atoms with van der Waals surface area (Å²) in [6, 6.07) is 12.2. The fourth-order valence-corrected chi connectivity index (χ4v) is 5.35. The monoisotopic (exact) mass is 506 g/mol. The smallest absolute Gasteiger partial charge is 0.659 e. The summed E-state index contributed by atoms with van der Waals surface area (Å²) in [4.78, 5) is 27.8. The fourth-order valence-electron chi connectivity index (χ4n) is 4.04. The van der Waals surface area contributed by atoms with Crippen LogP contribution in [0.1, 0.15) is 15.9 Å². The van der Waals surface area contributed by atoms with Crippen LogP contribution in [-0.4, -0.2) is 20.1 Å². The number of carbonyl (C=O) groups excluding carboxylic acids is 2. The number of fused-ring (bicyclic) bond motifs is 2. The average molecular weight is 506 g/mol. The molecule has 1 amide bonds. The third-order valence-electron chi connectivity index (χ3n) is 5.61. The summed E-state index contributed by atoms with van der Waals surface area (Å²) in [5.41, 5.74) is -0.114. The van der Waals surface area contributed by atoms with Crippen molar-refractivity contribution in [3.05, 3.63) is 106 Å². The van der Waals surface area contributed by atoms with Gasteiger partial charge in [0.2, 0.25) is 5.91 Å². The van der Waals surface area contributed by atoms with E-state index in [1.54, 1.807) is 6.07 Å². The van der Waals surface area contributed by atoms with Gasteiger partial charge in [-0.1, -0.05) is 24.3 Å². The number of halogens is 3. The number of anilines is 1. The SMILES string of the molecule is O=C1c2cc(F)ccc2N(Cc2ccc(F)c(F)c2)C(=O)C1C1=CS(=O)(=O)c2ccccc2[N-]1.[Na+]. The molecule has 172 valence electrons. The van der Waals surface area contributed by atoms with Gasteiger partial charge in [0.1, 0.15) is 11.7 Å². The first-order valence-electron chi connectivity index (χ1n) is 10.0. The van der Waals surface area contributed by atoms with Crippen LogP contribution >= 0.6 is 0 Å². The van der Waals surface area contributed by atoms with E-state index in [1.165, 1.54) is 30.3 Å². The van der Waals surface area contributed by atoms with Gasteiger partial charge in [-0.25, -0.2) is 21.6 Å². The predicted molar refractivity (Wildman–Crippen MR) is 116 cm³/mol. The molecular weight excluding hydrogens is 492 g/mol. The third kappa shape index (κ3) is 4.42. The second-order valence-corrected chi connectivity index (χ2v) is 9.56. The molecule has 2 aliphatic heterocycles. The second kappa shape index (κ2) is 9.27. The van der Waals surface area contributed by atoms with E-state index < -0.39 is 44.9 Å². The molecule has 0 saturated carbocycles. The molecule has 0 saturated heterocycles. The number of hydrogen-bond donors (Lipinski definition) is 0. The van der Waals surface area contributed by atoms with Crippen molar-refractivity contribution in [3.63, 3.8) is 0 Å². The minimum atomic E-state index is -4.00. The van der Waals surface area contributed by atoms with E-state index in [1.807, 2.05) is 0 Å². The quantitative estimate of drug-likeness (QED) is 0.401. The van der Waals surface area contributed by atoms with E-state index in [0.29, 0.717) is 0 Å². The molecule has 6 nitrogen and oxygen atoms in total. The van der Waals surface area contributed by atoms with Gasteiger partial charge in [-0.2, -0.15) is 0 Å². The zero-order valence-electron chi connectivity index (χ0n) is 18.2. The van der Waals surface area contributed by atoms with E-state index in [2.05, 4.69) is 5.32 Å². The van der Waals surface area contributed by atoms with Crippen LogP contribution in [0.4, 0.5) is 24.5 Å². The standard InChI is InChI=1S/C24H14F3N2O4S.Na/c25-14-6-8-20-15(10-14)23(30)22(19-12-34(32,33)21-4-2-1-3-18(21)28-19)24(31)29(20)11-13-5-7-16(26)17(27)9-13;/h1-10,12,22H,11H2;/q-1;+1. The van der Waals surface area contributed by atoms with E-state index in [0.717, 1.165) is 34.6 Å². The van der Waals surface area contributed by atoms with Crippen LogP contribution in [0.15, 0.2) is 76.7 Å². The summed E-state index contributed by atoms with van der Waals surface area (Å²) < 4.78 is 66.7. The van der Waals surface area contributed by atoms with Crippen molar-refractivity contribution < 1.29 is 60.7 Å². The Bertz CT molecular complexity index is 1520. The van der Waals surface area contributed by atoms with Crippen LogP contribution < -0.4 is 34.5 Å². The maximum Gasteiger partial charge on any atom is 1.00 e. The van der Waals surface area contributed by atoms with Crippen molar-refractivity contribution in [2.75, 3.05) is 4.90 Å². The van der Waals surface area contributed by atoms with E-state index >= 15 is 0 Å². The molecular formula is C24H14F3N2NaO4S. The van der Waals surface area contributed by atoms with Crippen LogP contribution in [0, 0.1) is 23.4 Å². The number of nitrogens with zero attached hydrogens (tertiary/aromatic N) is 2. The number of sulfone groups is 1. The Hall–Kier alpha value is -2.92. The van der Waals surface area contributed by atoms with E-state index in [9.17, 15) is 31.2 Å². The van der Waals surface area contributed by atoms with Gasteiger partial charge in [0.15, 0.2) is 27.3 Å². The Labute approximate surface area is 220 Å². The minimum Gasteiger partial charge on any atom is -0.659 e. The summed E-state index contributed by atoms with van der Waals surface area (Å²) in [7, 11) is -4.00. The third-order valence-corrected chi connectivity index (χ3v) is 7.12. The first-order valence-corrected chi connectivity index (χ1v) is 11.6. The zero-order chi connectivity index (χ0) is 24.2. The van der Waals surface area contributed by atoms with Crippen LogP contribution in [0.5, 0.6) is 0 Å². The van der Waals surface area contributed by atoms with Gasteiger partial charge in [-0.15, -0.1) is 11.4 Å². The summed E-state index contributed by atoms with van der Waals surface area (Å²) in [6.45, 7) is -0.269. The Kier molecular flexibility index (Phi) is 6.67. The van der Waals surface area contributed by atoms with Gasteiger partial charge in [-0.05, 0) is 42.0 Å². The zero-order valence-corrected chi connectivity index (χ0v) is 21.0. The normalized spacial score (nSPS) is 18.1. The number of para-hydroxylation sites is 1. The number of carbonyl (C=O) groups is 2. The number of hydrogen-bond acceptors (Lipinski definition) is 4. The van der Waals surface area contributed by atoms with Crippen molar-refractivity contribution in [2.24, 2.45) is 5.92 Å². The molecule has 2 heterocycles. The van der Waals surface area contributed by atoms with E-state index in [-0.39, 0.29) is 69.2 Å². The molecule has 1 unspecified atom stereocenters. The van der Waals surface area contributed by atoms with Gasteiger partial charge >= 0.3 is 29.6 Å². The van der Waals surface area contributed by atoms with E-state index in [4.69, 9.17) is 0 Å². The molecule has 3 aromatic carbocycles. The Morgan fingerprint density at radius 2 is 1.66 bits per heavy atom. The Morgan fingerprint density at radius 3 is 2.40 bits per heavy atom. The Morgan fingerprint density at radius 1 is 0.914 bits per heavy atom. The fraction of sp³-hybridized carbons (Fsp3) is 0.0833. The van der Waals surface area contributed by atoms with Crippen molar-refractivity contribution in [1.82, 2.24) is 0 Å². The van der Waals surface area contributed by atoms with Crippen LogP contribution in [-0.2, 0) is 21.2 Å². The molecule has 0 spiro atoms. The maximum atomic E-state index is 14.0. The maximum absolute atomic E-state index is 14.0. The average Bonchev–Trinajstić information content (AvgIpc) is 2.79. The van der Waals surface area contributed by atoms with Gasteiger partial charge in [0.05, 0.1) is 17.1 Å². The number of ketones is 1. The van der Waals surface area contributed by atoms with Crippen LogP contribution in [0.3, 0.4) is 0 Å². The summed E-state index contributed by atoms with van der Waals surface area (Å²) in [6.07, 6.45) is 0. The van der Waals surface area contributed by atoms with Crippen molar-refractivity contribution in [2.45, 2.75) is 11.4 Å². The van der Waals surface area contributed by atoms with Gasteiger partial charge in [0, 0.05) is 11.0 Å². The van der Waals surface area contributed by atoms with Gasteiger partial charge in [-0.3, -0.25) is 9.59 Å². The van der Waals surface area contributed by atoms with Crippen molar-refractivity contribution in [3.8, 4) is 0 Å². The molecule has 11 heteroatoms. The molecule has 0 fully saturated rings. The molecule has 5 rings (SSSR count). The van der Waals surface area contributed by atoms with Crippen LogP contribution in [0.2, 0.25) is 0 Å². The molecule has 0 aliphatic carbocycles. The first kappa shape index (κ1) is 25.2. The largest absolute Gasteiger partial charge is 1.00 e.